The van der Waals surface area contributed by atoms with Crippen LogP contribution in [0.5, 0.6) is 0 Å². The highest BCUT2D eigenvalue weighted by Gasteiger charge is 2.33. The molecule has 0 heterocycles. The molecule has 3 saturated carbocycles. The van der Waals surface area contributed by atoms with E-state index in [0.717, 1.165) is 57.8 Å². The van der Waals surface area contributed by atoms with E-state index < -0.39 is 0 Å². The normalized spacial score (nSPS) is 28.7. The number of aliphatic imine (C=N–C) groups is 4. The van der Waals surface area contributed by atoms with Gasteiger partial charge in [0.15, 0.2) is 0 Å². The Morgan fingerprint density at radius 1 is 0.765 bits per heavy atom. The van der Waals surface area contributed by atoms with Crippen molar-refractivity contribution in [2.75, 3.05) is 0 Å². The van der Waals surface area contributed by atoms with E-state index in [1.54, 1.807) is 24.3 Å². The van der Waals surface area contributed by atoms with Gasteiger partial charge in [0.25, 0.3) is 0 Å². The lowest BCUT2D eigenvalue weighted by Crippen LogP contribution is -2.32. The Hall–Kier alpha value is -2.48. The maximum atomic E-state index is 10.5. The SMILES string of the molecule is CC(CC1(N=C=O)CCCCC1)N=C=O.O=C=NC1CCC(CC2CCCCC2N=C=O)CC1. The van der Waals surface area contributed by atoms with E-state index in [1.807, 2.05) is 6.92 Å². The molecule has 3 aliphatic rings. The first-order chi connectivity index (χ1) is 16.6. The number of nitrogens with zero attached hydrogens (tertiary/aromatic N) is 4. The van der Waals surface area contributed by atoms with Crippen LogP contribution in [0.4, 0.5) is 0 Å². The molecule has 186 valence electrons. The Labute approximate surface area is 202 Å². The molecular formula is C26H38N4O4. The van der Waals surface area contributed by atoms with E-state index in [1.165, 1.54) is 32.1 Å². The summed E-state index contributed by atoms with van der Waals surface area (Å²) in [7, 11) is 0. The molecular weight excluding hydrogens is 432 g/mol. The van der Waals surface area contributed by atoms with Crippen LogP contribution >= 0.6 is 0 Å². The summed E-state index contributed by atoms with van der Waals surface area (Å²) in [6.07, 6.45) is 22.6. The minimum atomic E-state index is -0.320. The number of rotatable bonds is 8. The van der Waals surface area contributed by atoms with Crippen LogP contribution in [0.25, 0.3) is 0 Å². The summed E-state index contributed by atoms with van der Waals surface area (Å²) in [5, 5.41) is 0. The Balaban J connectivity index is 0.000000248. The first kappa shape index (κ1) is 27.8. The van der Waals surface area contributed by atoms with Crippen LogP contribution in [-0.4, -0.2) is 48.0 Å². The Morgan fingerprint density at radius 2 is 1.44 bits per heavy atom. The Bertz CT molecular complexity index is 807. The molecule has 3 fully saturated rings. The maximum Gasteiger partial charge on any atom is 0.235 e. The highest BCUT2D eigenvalue weighted by atomic mass is 16.1. The van der Waals surface area contributed by atoms with Gasteiger partial charge in [-0.25, -0.2) is 34.2 Å². The standard InChI is InChI=1S/C15H22N2O2.C11H16N2O2/c18-10-16-14-7-5-12(6-8-14)9-13-3-1-2-4-15(13)17-11-19;1-10(12-8-14)7-11(13-9-15)5-3-2-4-6-11/h12-15H,1-9H2;10H,2-7H2,1H3. The highest BCUT2D eigenvalue weighted by molar-refractivity contribution is 5.36. The van der Waals surface area contributed by atoms with Crippen LogP contribution in [0.3, 0.4) is 0 Å². The van der Waals surface area contributed by atoms with Crippen molar-refractivity contribution in [3.05, 3.63) is 0 Å². The van der Waals surface area contributed by atoms with Gasteiger partial charge in [-0.1, -0.05) is 32.1 Å². The molecule has 0 aromatic heterocycles. The molecule has 0 saturated heterocycles. The lowest BCUT2D eigenvalue weighted by molar-refractivity contribution is 0.214. The smallest absolute Gasteiger partial charge is 0.211 e. The zero-order valence-electron chi connectivity index (χ0n) is 20.4. The summed E-state index contributed by atoms with van der Waals surface area (Å²) in [6, 6.07) is 0.290. The van der Waals surface area contributed by atoms with Gasteiger partial charge in [0.1, 0.15) is 0 Å². The average molecular weight is 471 g/mol. The lowest BCUT2D eigenvalue weighted by atomic mass is 9.75. The third kappa shape index (κ3) is 9.41. The predicted molar refractivity (Wildman–Crippen MR) is 128 cm³/mol. The van der Waals surface area contributed by atoms with Gasteiger partial charge in [-0.3, -0.25) is 0 Å². The van der Waals surface area contributed by atoms with E-state index in [2.05, 4.69) is 20.0 Å². The molecule has 0 spiro atoms. The van der Waals surface area contributed by atoms with E-state index in [0.29, 0.717) is 18.3 Å². The van der Waals surface area contributed by atoms with Crippen LogP contribution in [0.2, 0.25) is 0 Å². The topological polar surface area (TPSA) is 118 Å². The molecule has 3 aliphatic carbocycles. The summed E-state index contributed by atoms with van der Waals surface area (Å²) in [4.78, 5) is 56.7. The van der Waals surface area contributed by atoms with E-state index in [4.69, 9.17) is 0 Å². The van der Waals surface area contributed by atoms with Crippen molar-refractivity contribution in [1.29, 1.82) is 0 Å². The van der Waals surface area contributed by atoms with Crippen LogP contribution in [0.15, 0.2) is 20.0 Å². The van der Waals surface area contributed by atoms with Gasteiger partial charge in [0, 0.05) is 0 Å². The second-order valence-electron chi connectivity index (χ2n) is 10.2. The Morgan fingerprint density at radius 3 is 2.06 bits per heavy atom. The van der Waals surface area contributed by atoms with Gasteiger partial charge in [-0.15, -0.1) is 0 Å². The molecule has 0 aromatic carbocycles. The van der Waals surface area contributed by atoms with Crippen molar-refractivity contribution < 1.29 is 19.2 Å². The van der Waals surface area contributed by atoms with Crippen molar-refractivity contribution in [2.24, 2.45) is 31.8 Å². The molecule has 34 heavy (non-hydrogen) atoms. The van der Waals surface area contributed by atoms with Gasteiger partial charge < -0.3 is 0 Å². The Kier molecular flexibility index (Phi) is 12.6. The van der Waals surface area contributed by atoms with Crippen molar-refractivity contribution in [3.63, 3.8) is 0 Å². The van der Waals surface area contributed by atoms with E-state index >= 15 is 0 Å². The number of carbonyl (C=O) groups excluding carboxylic acids is 4. The molecule has 0 amide bonds. The van der Waals surface area contributed by atoms with Gasteiger partial charge in [0.05, 0.1) is 23.7 Å². The molecule has 0 N–H and O–H groups in total. The van der Waals surface area contributed by atoms with Crippen LogP contribution in [-0.2, 0) is 19.2 Å². The third-order valence-electron chi connectivity index (χ3n) is 7.79. The van der Waals surface area contributed by atoms with Crippen LogP contribution in [0, 0.1) is 11.8 Å². The molecule has 0 aliphatic heterocycles. The van der Waals surface area contributed by atoms with Crippen molar-refractivity contribution in [1.82, 2.24) is 0 Å². The molecule has 0 radical (unpaired) electrons. The minimum Gasteiger partial charge on any atom is -0.211 e. The van der Waals surface area contributed by atoms with Crippen LogP contribution in [0.1, 0.15) is 103 Å². The van der Waals surface area contributed by atoms with Gasteiger partial charge in [-0.2, -0.15) is 4.99 Å². The third-order valence-corrected chi connectivity index (χ3v) is 7.79. The van der Waals surface area contributed by atoms with Crippen molar-refractivity contribution >= 4 is 24.3 Å². The summed E-state index contributed by atoms with van der Waals surface area (Å²) in [6.45, 7) is 1.85. The van der Waals surface area contributed by atoms with Gasteiger partial charge in [0.2, 0.25) is 24.3 Å². The predicted octanol–water partition coefficient (Wildman–Crippen LogP) is 5.31. The molecule has 3 atom stereocenters. The molecule has 3 rings (SSSR count). The minimum absolute atomic E-state index is 0.113. The van der Waals surface area contributed by atoms with Crippen LogP contribution < -0.4 is 0 Å². The van der Waals surface area contributed by atoms with Crippen molar-refractivity contribution in [2.45, 2.75) is 127 Å². The lowest BCUT2D eigenvalue weighted by Gasteiger charge is -2.33. The molecule has 3 unspecified atom stereocenters. The second-order valence-corrected chi connectivity index (χ2v) is 10.2. The number of isocyanates is 4. The maximum absolute atomic E-state index is 10.5. The quantitative estimate of drug-likeness (QED) is 0.353. The highest BCUT2D eigenvalue weighted by Crippen LogP contribution is 2.37. The fourth-order valence-electron chi connectivity index (χ4n) is 6.07. The molecule has 8 heteroatoms. The monoisotopic (exact) mass is 470 g/mol. The van der Waals surface area contributed by atoms with Gasteiger partial charge in [-0.05, 0) is 83.0 Å². The first-order valence-corrected chi connectivity index (χ1v) is 12.9. The fraction of sp³-hybridized carbons (Fsp3) is 0.846. The summed E-state index contributed by atoms with van der Waals surface area (Å²) >= 11 is 0. The zero-order chi connectivity index (χ0) is 24.7. The number of hydrogen-bond acceptors (Lipinski definition) is 8. The van der Waals surface area contributed by atoms with Gasteiger partial charge >= 0.3 is 0 Å². The molecule has 0 aromatic rings. The van der Waals surface area contributed by atoms with E-state index in [-0.39, 0.29) is 23.7 Å². The molecule has 8 nitrogen and oxygen atoms in total. The summed E-state index contributed by atoms with van der Waals surface area (Å²) in [5.41, 5.74) is -0.320. The van der Waals surface area contributed by atoms with Crippen molar-refractivity contribution in [3.8, 4) is 0 Å². The zero-order valence-corrected chi connectivity index (χ0v) is 20.4. The van der Waals surface area contributed by atoms with E-state index in [9.17, 15) is 19.2 Å². The largest absolute Gasteiger partial charge is 0.235 e. The summed E-state index contributed by atoms with van der Waals surface area (Å²) in [5.74, 6) is 1.27. The second kappa shape index (κ2) is 15.4. The average Bonchev–Trinajstić information content (AvgIpc) is 2.83. The number of hydrogen-bond donors (Lipinski definition) is 0. The first-order valence-electron chi connectivity index (χ1n) is 12.9. The summed E-state index contributed by atoms with van der Waals surface area (Å²) < 4.78 is 0. The fourth-order valence-corrected chi connectivity index (χ4v) is 6.07. The molecule has 0 bridgehead atoms.